The number of nitrogens with zero attached hydrogens (tertiary/aromatic N) is 1. The molecule has 0 spiro atoms. The normalized spacial score (nSPS) is 10.4. The topological polar surface area (TPSA) is 99.1 Å². The fourth-order valence-electron chi connectivity index (χ4n) is 1.05. The Balaban J connectivity index is 2.79. The van der Waals surface area contributed by atoms with Crippen molar-refractivity contribution in [2.24, 2.45) is 0 Å². The fraction of sp³-hybridized carbons (Fsp3) is 0.200. The van der Waals surface area contributed by atoms with Gasteiger partial charge in [-0.25, -0.2) is 17.9 Å². The average Bonchev–Trinajstić information content (AvgIpc) is 2.26. The number of benzene rings is 1. The average molecular weight is 253 g/mol. The highest BCUT2D eigenvalue weighted by Gasteiger charge is 2.16. The number of nitrogens with one attached hydrogen (secondary N) is 2. The highest BCUT2D eigenvalue weighted by atomic mass is 32.2. The first-order valence-corrected chi connectivity index (χ1v) is 6.18. The lowest BCUT2D eigenvalue weighted by atomic mass is 10.2. The lowest BCUT2D eigenvalue weighted by Gasteiger charge is -2.06. The molecular formula is C10H11N3O3S. The molecule has 0 heterocycles. The summed E-state index contributed by atoms with van der Waals surface area (Å²) < 4.78 is 25.1. The molecule has 17 heavy (non-hydrogen) atoms. The van der Waals surface area contributed by atoms with Crippen molar-refractivity contribution in [3.8, 4) is 6.07 Å². The zero-order valence-electron chi connectivity index (χ0n) is 9.10. The first-order chi connectivity index (χ1) is 7.95. The second-order valence-electron chi connectivity index (χ2n) is 3.26. The number of rotatable bonds is 3. The highest BCUT2D eigenvalue weighted by Crippen LogP contribution is 2.09. The summed E-state index contributed by atoms with van der Waals surface area (Å²) in [5.74, 6) is 0. The standard InChI is InChI=1S/C10H11N3O3S/c1-8-2-4-9(5-3-8)17(15,16)13-10(14)12-7-6-11/h2-5H,7H2,1H3,(H2,12,13,14). The van der Waals surface area contributed by atoms with Gasteiger partial charge < -0.3 is 5.32 Å². The Bertz CT molecular complexity index is 543. The summed E-state index contributed by atoms with van der Waals surface area (Å²) >= 11 is 0. The Morgan fingerprint density at radius 1 is 1.35 bits per heavy atom. The van der Waals surface area contributed by atoms with Gasteiger partial charge in [0, 0.05) is 0 Å². The van der Waals surface area contributed by atoms with Crippen molar-refractivity contribution in [1.29, 1.82) is 5.26 Å². The van der Waals surface area contributed by atoms with Crippen LogP contribution in [-0.2, 0) is 10.0 Å². The molecule has 0 saturated carbocycles. The third kappa shape index (κ3) is 3.77. The number of hydrogen-bond donors (Lipinski definition) is 2. The Hall–Kier alpha value is -2.07. The molecule has 0 saturated heterocycles. The molecule has 0 aliphatic carbocycles. The predicted octanol–water partition coefficient (Wildman–Crippen LogP) is 0.506. The van der Waals surface area contributed by atoms with E-state index < -0.39 is 16.1 Å². The van der Waals surface area contributed by atoms with Crippen LogP contribution in [0.5, 0.6) is 0 Å². The molecule has 0 aliphatic heterocycles. The maximum absolute atomic E-state index is 11.7. The molecule has 1 rings (SSSR count). The lowest BCUT2D eigenvalue weighted by molar-refractivity contribution is 0.247. The van der Waals surface area contributed by atoms with Crippen molar-refractivity contribution in [3.63, 3.8) is 0 Å². The Labute approximate surface area is 99.3 Å². The summed E-state index contributed by atoms with van der Waals surface area (Å²) in [5, 5.41) is 10.3. The van der Waals surface area contributed by atoms with E-state index in [2.05, 4.69) is 5.32 Å². The zero-order chi connectivity index (χ0) is 12.9. The van der Waals surface area contributed by atoms with E-state index in [0.29, 0.717) is 0 Å². The molecule has 2 N–H and O–H groups in total. The molecule has 0 fully saturated rings. The summed E-state index contributed by atoms with van der Waals surface area (Å²) in [6.07, 6.45) is 0. The minimum atomic E-state index is -3.88. The van der Waals surface area contributed by atoms with Crippen LogP contribution in [0.2, 0.25) is 0 Å². The molecule has 1 aromatic carbocycles. The molecule has 0 unspecified atom stereocenters. The van der Waals surface area contributed by atoms with E-state index in [9.17, 15) is 13.2 Å². The molecule has 0 radical (unpaired) electrons. The lowest BCUT2D eigenvalue weighted by Crippen LogP contribution is -2.39. The summed E-state index contributed by atoms with van der Waals surface area (Å²) in [4.78, 5) is 11.1. The van der Waals surface area contributed by atoms with Gasteiger partial charge in [-0.1, -0.05) is 17.7 Å². The van der Waals surface area contributed by atoms with Crippen LogP contribution >= 0.6 is 0 Å². The quantitative estimate of drug-likeness (QED) is 0.766. The van der Waals surface area contributed by atoms with Crippen LogP contribution in [-0.4, -0.2) is 21.0 Å². The van der Waals surface area contributed by atoms with Gasteiger partial charge in [-0.15, -0.1) is 0 Å². The maximum Gasteiger partial charge on any atom is 0.329 e. The van der Waals surface area contributed by atoms with Crippen LogP contribution in [0.15, 0.2) is 29.2 Å². The van der Waals surface area contributed by atoms with Gasteiger partial charge in [0.05, 0.1) is 11.0 Å². The largest absolute Gasteiger partial charge is 0.329 e. The number of sulfonamides is 1. The number of carbonyl (C=O) groups is 1. The molecule has 0 aliphatic rings. The van der Waals surface area contributed by atoms with Gasteiger partial charge in [0.1, 0.15) is 6.54 Å². The Kier molecular flexibility index (Phi) is 4.06. The van der Waals surface area contributed by atoms with Gasteiger partial charge in [-0.05, 0) is 19.1 Å². The van der Waals surface area contributed by atoms with Crippen molar-refractivity contribution < 1.29 is 13.2 Å². The number of urea groups is 1. The SMILES string of the molecule is Cc1ccc(S(=O)(=O)NC(=O)NCC#N)cc1. The van der Waals surface area contributed by atoms with Crippen LogP contribution in [0.1, 0.15) is 5.56 Å². The molecule has 6 nitrogen and oxygen atoms in total. The Morgan fingerprint density at radius 3 is 2.47 bits per heavy atom. The summed E-state index contributed by atoms with van der Waals surface area (Å²) in [5.41, 5.74) is 0.915. The number of aryl methyl sites for hydroxylation is 1. The van der Waals surface area contributed by atoms with Gasteiger partial charge >= 0.3 is 6.03 Å². The van der Waals surface area contributed by atoms with Gasteiger partial charge in [0.25, 0.3) is 10.0 Å². The van der Waals surface area contributed by atoms with Crippen molar-refractivity contribution >= 4 is 16.1 Å². The fourth-order valence-corrected chi connectivity index (χ4v) is 1.98. The van der Waals surface area contributed by atoms with Crippen molar-refractivity contribution in [2.75, 3.05) is 6.54 Å². The number of carbonyl (C=O) groups excluding carboxylic acids is 1. The van der Waals surface area contributed by atoms with E-state index in [0.717, 1.165) is 5.56 Å². The predicted molar refractivity (Wildman–Crippen MR) is 60.5 cm³/mol. The second kappa shape index (κ2) is 5.32. The minimum absolute atomic E-state index is 0.00444. The van der Waals surface area contributed by atoms with E-state index in [-0.39, 0.29) is 11.4 Å². The molecule has 2 amide bonds. The van der Waals surface area contributed by atoms with E-state index in [1.807, 2.05) is 6.92 Å². The second-order valence-corrected chi connectivity index (χ2v) is 4.94. The van der Waals surface area contributed by atoms with Crippen LogP contribution in [0.3, 0.4) is 0 Å². The third-order valence-corrected chi connectivity index (χ3v) is 3.23. The summed E-state index contributed by atoms with van der Waals surface area (Å²) in [6, 6.07) is 6.79. The number of amides is 2. The summed E-state index contributed by atoms with van der Waals surface area (Å²) in [6.45, 7) is 1.57. The van der Waals surface area contributed by atoms with Crippen LogP contribution < -0.4 is 10.0 Å². The zero-order valence-corrected chi connectivity index (χ0v) is 9.91. The molecule has 7 heteroatoms. The molecular weight excluding hydrogens is 242 g/mol. The van der Waals surface area contributed by atoms with Crippen LogP contribution in [0.25, 0.3) is 0 Å². The number of nitriles is 1. The minimum Gasteiger partial charge on any atom is -0.324 e. The van der Waals surface area contributed by atoms with E-state index in [1.165, 1.54) is 12.1 Å². The first-order valence-electron chi connectivity index (χ1n) is 4.70. The van der Waals surface area contributed by atoms with Gasteiger partial charge in [-0.3, -0.25) is 0 Å². The van der Waals surface area contributed by atoms with Crippen molar-refractivity contribution in [2.45, 2.75) is 11.8 Å². The van der Waals surface area contributed by atoms with Gasteiger partial charge in [0.15, 0.2) is 0 Å². The summed E-state index contributed by atoms with van der Waals surface area (Å²) in [7, 11) is -3.88. The van der Waals surface area contributed by atoms with Crippen molar-refractivity contribution in [3.05, 3.63) is 29.8 Å². The van der Waals surface area contributed by atoms with Gasteiger partial charge in [0.2, 0.25) is 0 Å². The first kappa shape index (κ1) is 13.0. The monoisotopic (exact) mass is 253 g/mol. The van der Waals surface area contributed by atoms with Crippen LogP contribution in [0, 0.1) is 18.3 Å². The maximum atomic E-state index is 11.7. The smallest absolute Gasteiger partial charge is 0.324 e. The highest BCUT2D eigenvalue weighted by molar-refractivity contribution is 7.90. The molecule has 0 bridgehead atoms. The van der Waals surface area contributed by atoms with Crippen molar-refractivity contribution in [1.82, 2.24) is 10.0 Å². The third-order valence-electron chi connectivity index (χ3n) is 1.89. The van der Waals surface area contributed by atoms with E-state index >= 15 is 0 Å². The molecule has 0 aromatic heterocycles. The van der Waals surface area contributed by atoms with E-state index in [4.69, 9.17) is 5.26 Å². The van der Waals surface area contributed by atoms with Gasteiger partial charge in [-0.2, -0.15) is 5.26 Å². The molecule has 90 valence electrons. The number of hydrogen-bond acceptors (Lipinski definition) is 4. The molecule has 0 atom stereocenters. The molecule has 1 aromatic rings. The Morgan fingerprint density at radius 2 is 1.94 bits per heavy atom. The van der Waals surface area contributed by atoms with Crippen LogP contribution in [0.4, 0.5) is 4.79 Å². The van der Waals surface area contributed by atoms with E-state index in [1.54, 1.807) is 22.9 Å².